The lowest BCUT2D eigenvalue weighted by Gasteiger charge is -2.08. The molecule has 0 bridgehead atoms. The molecule has 0 spiro atoms. The molecule has 0 aliphatic heterocycles. The number of rotatable bonds is 8. The van der Waals surface area contributed by atoms with Crippen LogP contribution in [0.3, 0.4) is 0 Å². The molecule has 0 aliphatic rings. The molecular formula is C20H21N5O2S. The van der Waals surface area contributed by atoms with Gasteiger partial charge in [0.2, 0.25) is 11.7 Å². The van der Waals surface area contributed by atoms with E-state index < -0.39 is 0 Å². The van der Waals surface area contributed by atoms with Crippen molar-refractivity contribution >= 4 is 11.8 Å². The SMILES string of the molecule is CC(C)CCc1noc(CSc2nnc(-c3ccco3)n2-c2ccccc2)n1. The Hall–Kier alpha value is -2.87. The molecule has 0 fully saturated rings. The summed E-state index contributed by atoms with van der Waals surface area (Å²) in [6.07, 6.45) is 3.50. The maximum Gasteiger partial charge on any atom is 0.237 e. The van der Waals surface area contributed by atoms with Crippen LogP contribution in [0.4, 0.5) is 0 Å². The molecule has 7 nitrogen and oxygen atoms in total. The molecule has 4 aromatic rings. The van der Waals surface area contributed by atoms with E-state index in [1.54, 1.807) is 6.26 Å². The molecule has 28 heavy (non-hydrogen) atoms. The maximum atomic E-state index is 5.53. The first-order chi connectivity index (χ1) is 13.7. The van der Waals surface area contributed by atoms with Gasteiger partial charge < -0.3 is 8.94 Å². The molecule has 0 aliphatic carbocycles. The van der Waals surface area contributed by atoms with Gasteiger partial charge in [0, 0.05) is 12.1 Å². The first-order valence-corrected chi connectivity index (χ1v) is 10.2. The van der Waals surface area contributed by atoms with Crippen LogP contribution in [0.2, 0.25) is 0 Å². The van der Waals surface area contributed by atoms with Crippen LogP contribution in [0.15, 0.2) is 62.8 Å². The topological polar surface area (TPSA) is 82.8 Å². The van der Waals surface area contributed by atoms with Gasteiger partial charge in [-0.2, -0.15) is 4.98 Å². The van der Waals surface area contributed by atoms with E-state index in [1.165, 1.54) is 11.8 Å². The summed E-state index contributed by atoms with van der Waals surface area (Å²) in [7, 11) is 0. The molecule has 3 heterocycles. The number of thioether (sulfide) groups is 1. The Balaban J connectivity index is 1.55. The van der Waals surface area contributed by atoms with Gasteiger partial charge in [0.15, 0.2) is 16.7 Å². The first kappa shape index (κ1) is 18.5. The van der Waals surface area contributed by atoms with Crippen molar-refractivity contribution in [2.24, 2.45) is 5.92 Å². The molecule has 1 aromatic carbocycles. The van der Waals surface area contributed by atoms with E-state index in [4.69, 9.17) is 8.94 Å². The highest BCUT2D eigenvalue weighted by Gasteiger charge is 2.19. The monoisotopic (exact) mass is 395 g/mol. The lowest BCUT2D eigenvalue weighted by Crippen LogP contribution is -1.99. The Kier molecular flexibility index (Phi) is 5.57. The van der Waals surface area contributed by atoms with Crippen molar-refractivity contribution in [3.63, 3.8) is 0 Å². The van der Waals surface area contributed by atoms with Crippen molar-refractivity contribution in [1.29, 1.82) is 0 Å². The summed E-state index contributed by atoms with van der Waals surface area (Å²) in [6.45, 7) is 4.37. The van der Waals surface area contributed by atoms with Crippen LogP contribution in [0.25, 0.3) is 17.3 Å². The third-order valence-corrected chi connectivity index (χ3v) is 5.08. The summed E-state index contributed by atoms with van der Waals surface area (Å²) in [5.74, 6) is 3.80. The van der Waals surface area contributed by atoms with Crippen molar-refractivity contribution < 1.29 is 8.94 Å². The number of hydrogen-bond donors (Lipinski definition) is 0. The summed E-state index contributed by atoms with van der Waals surface area (Å²) in [4.78, 5) is 4.48. The minimum Gasteiger partial charge on any atom is -0.461 e. The molecule has 0 saturated heterocycles. The Morgan fingerprint density at radius 2 is 1.93 bits per heavy atom. The molecule has 0 amide bonds. The number of hydrogen-bond acceptors (Lipinski definition) is 7. The number of para-hydroxylation sites is 1. The Labute approximate surface area is 167 Å². The standard InChI is InChI=1S/C20H21N5O2S/c1-14(2)10-11-17-21-18(27-24-17)13-28-20-23-22-19(16-9-6-12-26-16)25(20)15-7-4-3-5-8-15/h3-9,12,14H,10-11,13H2,1-2H3. The summed E-state index contributed by atoms with van der Waals surface area (Å²) in [6, 6.07) is 13.7. The van der Waals surface area contributed by atoms with Gasteiger partial charge in [-0.15, -0.1) is 10.2 Å². The quantitative estimate of drug-likeness (QED) is 0.397. The number of aryl methyl sites for hydroxylation is 1. The summed E-state index contributed by atoms with van der Waals surface area (Å²) in [5.41, 5.74) is 0.963. The smallest absolute Gasteiger partial charge is 0.237 e. The average Bonchev–Trinajstić information content (AvgIpc) is 3.45. The molecule has 8 heteroatoms. The molecule has 4 rings (SSSR count). The van der Waals surface area contributed by atoms with E-state index in [1.807, 2.05) is 47.0 Å². The molecular weight excluding hydrogens is 374 g/mol. The predicted octanol–water partition coefficient (Wildman–Crippen LogP) is 4.79. The van der Waals surface area contributed by atoms with E-state index in [9.17, 15) is 0 Å². The fourth-order valence-corrected chi connectivity index (χ4v) is 3.52. The van der Waals surface area contributed by atoms with E-state index in [-0.39, 0.29) is 0 Å². The van der Waals surface area contributed by atoms with Crippen molar-refractivity contribution in [2.75, 3.05) is 0 Å². The summed E-state index contributed by atoms with van der Waals surface area (Å²) >= 11 is 1.50. The number of aromatic nitrogens is 5. The second-order valence-electron chi connectivity index (χ2n) is 6.78. The zero-order chi connectivity index (χ0) is 19.3. The zero-order valence-electron chi connectivity index (χ0n) is 15.8. The van der Waals surface area contributed by atoms with Gasteiger partial charge in [0.1, 0.15) is 0 Å². The Bertz CT molecular complexity index is 1010. The largest absolute Gasteiger partial charge is 0.461 e. The molecule has 0 saturated carbocycles. The zero-order valence-corrected chi connectivity index (χ0v) is 16.6. The van der Waals surface area contributed by atoms with Gasteiger partial charge in [-0.1, -0.05) is 49.0 Å². The van der Waals surface area contributed by atoms with Crippen LogP contribution in [-0.2, 0) is 12.2 Å². The van der Waals surface area contributed by atoms with Crippen LogP contribution < -0.4 is 0 Å². The lowest BCUT2D eigenvalue weighted by atomic mass is 10.1. The second kappa shape index (κ2) is 8.43. The fourth-order valence-electron chi connectivity index (χ4n) is 2.73. The Morgan fingerprint density at radius 3 is 2.68 bits per heavy atom. The van der Waals surface area contributed by atoms with Crippen molar-refractivity contribution in [1.82, 2.24) is 24.9 Å². The van der Waals surface area contributed by atoms with E-state index >= 15 is 0 Å². The van der Waals surface area contributed by atoms with E-state index in [0.29, 0.717) is 29.1 Å². The first-order valence-electron chi connectivity index (χ1n) is 9.19. The van der Waals surface area contributed by atoms with Gasteiger partial charge in [-0.05, 0) is 36.6 Å². The maximum absolute atomic E-state index is 5.53. The third-order valence-electron chi connectivity index (χ3n) is 4.17. The summed E-state index contributed by atoms with van der Waals surface area (Å²) < 4.78 is 12.9. The number of nitrogens with zero attached hydrogens (tertiary/aromatic N) is 5. The Morgan fingerprint density at radius 1 is 1.07 bits per heavy atom. The molecule has 0 N–H and O–H groups in total. The van der Waals surface area contributed by atoms with Gasteiger partial charge in [-0.3, -0.25) is 4.57 Å². The molecule has 0 unspecified atom stereocenters. The van der Waals surface area contributed by atoms with Crippen molar-refractivity contribution in [2.45, 2.75) is 37.6 Å². The van der Waals surface area contributed by atoms with Gasteiger partial charge in [0.25, 0.3) is 0 Å². The second-order valence-corrected chi connectivity index (χ2v) is 7.72. The van der Waals surface area contributed by atoms with Gasteiger partial charge in [-0.25, -0.2) is 0 Å². The molecule has 0 radical (unpaired) electrons. The van der Waals surface area contributed by atoms with Crippen LogP contribution in [0.1, 0.15) is 32.0 Å². The number of benzene rings is 1. The van der Waals surface area contributed by atoms with Crippen LogP contribution >= 0.6 is 11.8 Å². The fraction of sp³-hybridized carbons (Fsp3) is 0.300. The highest BCUT2D eigenvalue weighted by molar-refractivity contribution is 7.98. The van der Waals surface area contributed by atoms with Gasteiger partial charge in [0.05, 0.1) is 12.0 Å². The van der Waals surface area contributed by atoms with Crippen LogP contribution in [-0.4, -0.2) is 24.9 Å². The normalized spacial score (nSPS) is 11.4. The van der Waals surface area contributed by atoms with E-state index in [0.717, 1.165) is 29.5 Å². The highest BCUT2D eigenvalue weighted by Crippen LogP contribution is 2.29. The summed E-state index contributed by atoms with van der Waals surface area (Å²) in [5, 5.41) is 13.5. The van der Waals surface area contributed by atoms with Crippen LogP contribution in [0.5, 0.6) is 0 Å². The minimum absolute atomic E-state index is 0.526. The molecule has 3 aromatic heterocycles. The van der Waals surface area contributed by atoms with E-state index in [2.05, 4.69) is 34.2 Å². The third kappa shape index (κ3) is 4.17. The van der Waals surface area contributed by atoms with Crippen molar-refractivity contribution in [3.8, 4) is 17.3 Å². The minimum atomic E-state index is 0.526. The number of furan rings is 1. The average molecular weight is 395 g/mol. The van der Waals surface area contributed by atoms with Crippen LogP contribution in [0, 0.1) is 5.92 Å². The molecule has 144 valence electrons. The highest BCUT2D eigenvalue weighted by atomic mass is 32.2. The van der Waals surface area contributed by atoms with Gasteiger partial charge >= 0.3 is 0 Å². The predicted molar refractivity (Wildman–Crippen MR) is 106 cm³/mol. The lowest BCUT2D eigenvalue weighted by molar-refractivity contribution is 0.383. The molecule has 0 atom stereocenters. The van der Waals surface area contributed by atoms with Crippen molar-refractivity contribution in [3.05, 3.63) is 60.4 Å².